The van der Waals surface area contributed by atoms with Crippen LogP contribution in [0.4, 0.5) is 11.6 Å². The van der Waals surface area contributed by atoms with E-state index < -0.39 is 0 Å². The van der Waals surface area contributed by atoms with E-state index in [0.717, 1.165) is 51.3 Å². The van der Waals surface area contributed by atoms with Crippen molar-refractivity contribution >= 4 is 40.2 Å². The molecule has 4 heterocycles. The molecule has 33 heavy (non-hydrogen) atoms. The van der Waals surface area contributed by atoms with Gasteiger partial charge in [-0.05, 0) is 69.5 Å². The van der Waals surface area contributed by atoms with Crippen LogP contribution in [0.5, 0.6) is 0 Å². The molecule has 0 aliphatic carbocycles. The average molecular weight is 448 g/mol. The normalized spacial score (nSPS) is 14.8. The quantitative estimate of drug-likeness (QED) is 0.298. The van der Waals surface area contributed by atoms with Crippen molar-refractivity contribution in [3.05, 3.63) is 41.9 Å². The van der Waals surface area contributed by atoms with Crippen LogP contribution in [0.25, 0.3) is 22.2 Å². The number of benzene rings is 1. The molecule has 1 aromatic carbocycles. The Morgan fingerprint density at radius 3 is 2.79 bits per heavy atom. The van der Waals surface area contributed by atoms with E-state index >= 15 is 0 Å². The lowest BCUT2D eigenvalue weighted by Gasteiger charge is -2.22. The van der Waals surface area contributed by atoms with E-state index in [9.17, 15) is 4.79 Å². The summed E-state index contributed by atoms with van der Waals surface area (Å²) >= 11 is 0. The molecular weight excluding hydrogens is 416 g/mol. The van der Waals surface area contributed by atoms with Crippen LogP contribution < -0.4 is 20.5 Å². The van der Waals surface area contributed by atoms with Gasteiger partial charge in [0.25, 0.3) is 5.82 Å². The number of carbonyl (C=O) groups excluding carboxylic acids is 1. The summed E-state index contributed by atoms with van der Waals surface area (Å²) in [6.07, 6.45) is 4.88. The van der Waals surface area contributed by atoms with Crippen molar-refractivity contribution < 1.29 is 9.36 Å². The molecule has 1 amide bonds. The highest BCUT2D eigenvalue weighted by Crippen LogP contribution is 2.29. The number of H-pyrrole nitrogens is 1. The largest absolute Gasteiger partial charge is 0.381 e. The maximum Gasteiger partial charge on any atom is 0.277 e. The summed E-state index contributed by atoms with van der Waals surface area (Å²) in [6, 6.07) is 8.67. The summed E-state index contributed by atoms with van der Waals surface area (Å²) in [5.41, 5.74) is 11.2. The number of imidazole rings is 1. The molecule has 5 rings (SSSR count). The van der Waals surface area contributed by atoms with Crippen molar-refractivity contribution in [2.24, 2.45) is 0 Å². The number of piperidine rings is 1. The van der Waals surface area contributed by atoms with Crippen LogP contribution in [0.15, 0.2) is 30.5 Å². The average Bonchev–Trinajstić information content (AvgIpc) is 3.42. The lowest BCUT2D eigenvalue weighted by molar-refractivity contribution is -0.676. The summed E-state index contributed by atoms with van der Waals surface area (Å²) in [5, 5.41) is 3.45. The fourth-order valence-corrected chi connectivity index (χ4v) is 5.09. The highest BCUT2D eigenvalue weighted by atomic mass is 16.1. The summed E-state index contributed by atoms with van der Waals surface area (Å²) in [4.78, 5) is 25.7. The molecule has 1 fully saturated rings. The van der Waals surface area contributed by atoms with E-state index in [4.69, 9.17) is 5.73 Å². The van der Waals surface area contributed by atoms with E-state index in [-0.39, 0.29) is 5.82 Å². The lowest BCUT2D eigenvalue weighted by Crippen LogP contribution is -2.40. The van der Waals surface area contributed by atoms with Gasteiger partial charge in [-0.1, -0.05) is 6.07 Å². The van der Waals surface area contributed by atoms with Crippen molar-refractivity contribution in [1.82, 2.24) is 24.8 Å². The number of aromatic amines is 1. The van der Waals surface area contributed by atoms with E-state index in [0.29, 0.717) is 29.4 Å². The highest BCUT2D eigenvalue weighted by molar-refractivity contribution is 5.84. The smallest absolute Gasteiger partial charge is 0.277 e. The van der Waals surface area contributed by atoms with Gasteiger partial charge >= 0.3 is 0 Å². The third kappa shape index (κ3) is 3.72. The first-order chi connectivity index (χ1) is 16.1. The van der Waals surface area contributed by atoms with E-state index in [1.54, 1.807) is 11.1 Å². The number of aromatic nitrogens is 5. The minimum Gasteiger partial charge on any atom is -0.381 e. The van der Waals surface area contributed by atoms with Crippen LogP contribution in [0.3, 0.4) is 0 Å². The predicted octanol–water partition coefficient (Wildman–Crippen LogP) is 2.45. The van der Waals surface area contributed by atoms with Gasteiger partial charge in [-0.2, -0.15) is 0 Å². The summed E-state index contributed by atoms with van der Waals surface area (Å²) < 4.78 is 4.58. The van der Waals surface area contributed by atoms with Crippen molar-refractivity contribution in [2.75, 3.05) is 23.7 Å². The van der Waals surface area contributed by atoms with E-state index in [2.05, 4.69) is 61.4 Å². The number of rotatable bonds is 7. The number of aryl methyl sites for hydroxylation is 2. The fraction of sp³-hybridized carbons (Fsp3) is 0.417. The maximum absolute atomic E-state index is 12.2. The summed E-state index contributed by atoms with van der Waals surface area (Å²) in [6.45, 7) is 8.38. The number of nitrogens with two attached hydrogens (primary N) is 1. The molecule has 172 valence electrons. The third-order valence-corrected chi connectivity index (χ3v) is 6.75. The van der Waals surface area contributed by atoms with Crippen LogP contribution >= 0.6 is 0 Å². The maximum atomic E-state index is 12.2. The second-order valence-corrected chi connectivity index (χ2v) is 8.55. The Kier molecular flexibility index (Phi) is 5.72. The van der Waals surface area contributed by atoms with Gasteiger partial charge < -0.3 is 16.0 Å². The number of nitrogens with one attached hydrogen (secondary N) is 2. The van der Waals surface area contributed by atoms with Gasteiger partial charge in [0.2, 0.25) is 6.41 Å². The molecule has 0 saturated carbocycles. The molecule has 0 bridgehead atoms. The Balaban J connectivity index is 1.58. The second kappa shape index (κ2) is 8.82. The first-order valence-corrected chi connectivity index (χ1v) is 11.7. The van der Waals surface area contributed by atoms with Crippen molar-refractivity contribution in [3.63, 3.8) is 0 Å². The molecule has 1 aliphatic heterocycles. The van der Waals surface area contributed by atoms with Crippen LogP contribution in [0.2, 0.25) is 0 Å². The molecule has 3 aromatic heterocycles. The number of hydrogen-bond acceptors (Lipinski definition) is 5. The molecule has 9 nitrogen and oxygen atoms in total. The van der Waals surface area contributed by atoms with Crippen LogP contribution in [0.1, 0.15) is 44.0 Å². The first kappa shape index (κ1) is 21.4. The monoisotopic (exact) mass is 447 g/mol. The fourth-order valence-electron chi connectivity index (χ4n) is 5.09. The standard InChI is InChI=1S/C24H31N8O/c1-3-31-19-6-5-17(16-7-10-26-11-8-16)13-20(19)32(4-2)21(31)14-30(15-33)24-22(25)29-23-18(28-24)9-12-27-23/h5-6,9,12-13,15-16,26H,3-4,7-8,10-11,14H2,1-2H3,(H3,25,27,29)/q+1. The zero-order chi connectivity index (χ0) is 22.9. The summed E-state index contributed by atoms with van der Waals surface area (Å²) in [5.74, 6) is 2.24. The topological polar surface area (TPSA) is 109 Å². The van der Waals surface area contributed by atoms with E-state index in [1.807, 2.05) is 6.07 Å². The number of amides is 1. The van der Waals surface area contributed by atoms with Gasteiger partial charge in [0.15, 0.2) is 28.3 Å². The van der Waals surface area contributed by atoms with Crippen molar-refractivity contribution in [3.8, 4) is 0 Å². The van der Waals surface area contributed by atoms with Gasteiger partial charge in [-0.15, -0.1) is 0 Å². The molecule has 4 aromatic rings. The van der Waals surface area contributed by atoms with Gasteiger partial charge in [0.05, 0.1) is 13.1 Å². The predicted molar refractivity (Wildman–Crippen MR) is 129 cm³/mol. The van der Waals surface area contributed by atoms with Gasteiger partial charge in [0, 0.05) is 6.20 Å². The minimum atomic E-state index is 0.229. The first-order valence-electron chi connectivity index (χ1n) is 11.7. The molecule has 4 N–H and O–H groups in total. The van der Waals surface area contributed by atoms with E-state index in [1.165, 1.54) is 16.6 Å². The molecular formula is C24H31N8O+. The van der Waals surface area contributed by atoms with Gasteiger partial charge in [-0.3, -0.25) is 9.69 Å². The highest BCUT2D eigenvalue weighted by Gasteiger charge is 2.28. The molecule has 0 spiro atoms. The SMILES string of the molecule is CCn1c(CN(C=O)c2nc3cc[nH]c3nc2N)[n+](CC)c2ccc(C3CCNCC3)cc21. The summed E-state index contributed by atoms with van der Waals surface area (Å²) in [7, 11) is 0. The van der Waals surface area contributed by atoms with Gasteiger partial charge in [-0.25, -0.2) is 19.1 Å². The number of fused-ring (bicyclic) bond motifs is 2. The molecule has 9 heteroatoms. The third-order valence-electron chi connectivity index (χ3n) is 6.75. The van der Waals surface area contributed by atoms with Gasteiger partial charge in [0.1, 0.15) is 12.1 Å². The Bertz CT molecular complexity index is 1300. The zero-order valence-corrected chi connectivity index (χ0v) is 19.2. The Morgan fingerprint density at radius 1 is 1.24 bits per heavy atom. The molecule has 1 aliphatic rings. The second-order valence-electron chi connectivity index (χ2n) is 8.55. The Labute approximate surface area is 192 Å². The zero-order valence-electron chi connectivity index (χ0n) is 19.2. The van der Waals surface area contributed by atoms with Crippen molar-refractivity contribution in [2.45, 2.75) is 52.2 Å². The van der Waals surface area contributed by atoms with Crippen LogP contribution in [-0.2, 0) is 24.4 Å². The molecule has 0 radical (unpaired) electrons. The number of anilines is 2. The number of hydrogen-bond donors (Lipinski definition) is 3. The Morgan fingerprint density at radius 2 is 2.06 bits per heavy atom. The molecule has 0 unspecified atom stereocenters. The lowest BCUT2D eigenvalue weighted by atomic mass is 9.90. The Hall–Kier alpha value is -3.46. The number of nitrogens with zero attached hydrogens (tertiary/aromatic N) is 5. The number of nitrogen functional groups attached to an aromatic ring is 1. The molecule has 0 atom stereocenters. The minimum absolute atomic E-state index is 0.229. The molecule has 1 saturated heterocycles. The van der Waals surface area contributed by atoms with Crippen LogP contribution in [-0.4, -0.2) is 39.0 Å². The number of carbonyl (C=O) groups is 1. The van der Waals surface area contributed by atoms with Crippen LogP contribution in [0, 0.1) is 0 Å². The van der Waals surface area contributed by atoms with Crippen molar-refractivity contribution in [1.29, 1.82) is 0 Å².